The number of hydrogen-bond donors (Lipinski definition) is 7. The van der Waals surface area contributed by atoms with E-state index in [4.69, 9.17) is 19.0 Å². The Bertz CT molecular complexity index is 1050. The first-order valence-electron chi connectivity index (χ1n) is 7.59. The second kappa shape index (κ2) is 8.73. The van der Waals surface area contributed by atoms with Crippen molar-refractivity contribution in [1.29, 1.82) is 0 Å². The number of aliphatic hydroxyl groups is 2. The van der Waals surface area contributed by atoms with Crippen molar-refractivity contribution < 1.29 is 56.8 Å². The van der Waals surface area contributed by atoms with Crippen LogP contribution in [0.25, 0.3) is 0 Å². The summed E-state index contributed by atoms with van der Waals surface area (Å²) in [5.74, 6) is 0. The van der Waals surface area contributed by atoms with Crippen molar-refractivity contribution >= 4 is 34.2 Å². The molecular weight excluding hydrogens is 497 g/mol. The molecule has 7 N–H and O–H groups in total. The molecule has 20 heteroatoms. The lowest BCUT2D eigenvalue weighted by molar-refractivity contribution is -0.0985. The fourth-order valence-electron chi connectivity index (χ4n) is 2.46. The van der Waals surface area contributed by atoms with Gasteiger partial charge in [0.05, 0.1) is 6.61 Å². The van der Waals surface area contributed by atoms with E-state index in [9.17, 15) is 38.7 Å². The van der Waals surface area contributed by atoms with Gasteiger partial charge in [0.2, 0.25) is 0 Å². The Morgan fingerprint density at radius 2 is 1.87 bits per heavy atom. The molecule has 0 saturated carbocycles. The van der Waals surface area contributed by atoms with E-state index in [1.54, 1.807) is 0 Å². The molecule has 30 heavy (non-hydrogen) atoms. The molecule has 6 atom stereocenters. The van der Waals surface area contributed by atoms with Crippen LogP contribution in [-0.4, -0.2) is 63.8 Å². The smallest absolute Gasteiger partial charge is 0.387 e. The van der Waals surface area contributed by atoms with E-state index < -0.39 is 64.3 Å². The molecule has 1 saturated heterocycles. The minimum Gasteiger partial charge on any atom is -0.387 e. The molecular formula is C10H17N2O14P3S. The Kier molecular flexibility index (Phi) is 7.46. The Hall–Kier alpha value is -0.610. The lowest BCUT2D eigenvalue weighted by Crippen LogP contribution is -2.46. The van der Waals surface area contributed by atoms with Crippen molar-refractivity contribution in [1.82, 2.24) is 9.55 Å². The highest BCUT2D eigenvalue weighted by Crippen LogP contribution is 2.66. The molecule has 0 amide bonds. The first kappa shape index (κ1) is 25.6. The van der Waals surface area contributed by atoms with Crippen LogP contribution in [0.2, 0.25) is 0 Å². The summed E-state index contributed by atoms with van der Waals surface area (Å²) in [7, 11) is -11.0. The van der Waals surface area contributed by atoms with Crippen LogP contribution in [0.3, 0.4) is 0 Å². The number of aromatic nitrogens is 2. The Morgan fingerprint density at radius 1 is 1.27 bits per heavy atom. The SMILES string of the molecule is CC1(O)C(O)C(COP(O)(=S)OP(=O)(O)OP(=O)(O)O)OC1n1ccc(=O)[nH]c1=O. The number of ether oxygens (including phenoxy) is 1. The zero-order chi connectivity index (χ0) is 23.1. The van der Waals surface area contributed by atoms with Crippen LogP contribution in [-0.2, 0) is 38.8 Å². The third kappa shape index (κ3) is 6.45. The minimum absolute atomic E-state index is 0.724. The first-order valence-corrected chi connectivity index (χ1v) is 13.2. The van der Waals surface area contributed by atoms with E-state index in [1.165, 1.54) is 0 Å². The summed E-state index contributed by atoms with van der Waals surface area (Å²) in [6, 6.07) is 0.957. The van der Waals surface area contributed by atoms with Gasteiger partial charge in [-0.25, -0.2) is 18.2 Å². The van der Waals surface area contributed by atoms with Gasteiger partial charge in [-0.3, -0.25) is 14.3 Å². The number of phosphoric acid groups is 2. The minimum atomic E-state index is -5.53. The van der Waals surface area contributed by atoms with E-state index >= 15 is 0 Å². The summed E-state index contributed by atoms with van der Waals surface area (Å²) in [6.45, 7) is -4.42. The van der Waals surface area contributed by atoms with Gasteiger partial charge in [-0.2, -0.15) is 4.31 Å². The lowest BCUT2D eigenvalue weighted by Gasteiger charge is -2.27. The summed E-state index contributed by atoms with van der Waals surface area (Å²) in [6.07, 6.45) is -3.74. The molecule has 0 aromatic carbocycles. The standard InChI is InChI=1S/C10H17N2O14P3S/c1-10(16)7(14)5(24-8(10)12-3-2-6(13)11-9(12)15)4-23-29(22,30)26-28(20,21)25-27(17,18)19/h2-3,5,7-8,14,16H,4H2,1H3,(H,20,21)(H,22,30)(H,11,13,15)(H2,17,18,19). The molecule has 1 aliphatic heterocycles. The molecule has 0 aliphatic carbocycles. The predicted octanol–water partition coefficient (Wildman–Crippen LogP) is -1.99. The number of rotatable bonds is 8. The molecule has 1 fully saturated rings. The normalized spacial score (nSPS) is 31.2. The molecule has 1 aromatic rings. The van der Waals surface area contributed by atoms with Crippen molar-refractivity contribution in [3.63, 3.8) is 0 Å². The monoisotopic (exact) mass is 514 g/mol. The van der Waals surface area contributed by atoms with Gasteiger partial charge in [0.15, 0.2) is 6.23 Å². The molecule has 2 heterocycles. The first-order chi connectivity index (χ1) is 13.4. The topological polar surface area (TPSA) is 247 Å². The molecule has 6 unspecified atom stereocenters. The molecule has 0 radical (unpaired) electrons. The average molecular weight is 514 g/mol. The zero-order valence-corrected chi connectivity index (χ0v) is 18.2. The van der Waals surface area contributed by atoms with E-state index in [-0.39, 0.29) is 0 Å². The fourth-order valence-corrected chi connectivity index (χ4v) is 6.43. The van der Waals surface area contributed by atoms with E-state index in [0.717, 1.165) is 23.8 Å². The number of nitrogens with zero attached hydrogens (tertiary/aromatic N) is 1. The maximum atomic E-state index is 11.9. The summed E-state index contributed by atoms with van der Waals surface area (Å²) in [5.41, 5.74) is -3.79. The van der Waals surface area contributed by atoms with Crippen LogP contribution < -0.4 is 11.2 Å². The average Bonchev–Trinajstić information content (AvgIpc) is 2.73. The molecule has 172 valence electrons. The maximum Gasteiger partial charge on any atom is 0.488 e. The quantitative estimate of drug-likeness (QED) is 0.186. The van der Waals surface area contributed by atoms with Crippen LogP contribution >= 0.6 is 22.4 Å². The second-order valence-corrected chi connectivity index (χ2v) is 11.9. The van der Waals surface area contributed by atoms with Gasteiger partial charge in [0, 0.05) is 12.3 Å². The number of aliphatic hydroxyl groups excluding tert-OH is 1. The van der Waals surface area contributed by atoms with E-state index in [2.05, 4.69) is 20.4 Å². The van der Waals surface area contributed by atoms with Crippen LogP contribution in [0.1, 0.15) is 13.2 Å². The Morgan fingerprint density at radius 3 is 2.40 bits per heavy atom. The van der Waals surface area contributed by atoms with Gasteiger partial charge in [0.25, 0.3) is 5.56 Å². The summed E-state index contributed by atoms with van der Waals surface area (Å²) < 4.78 is 40.4. The zero-order valence-electron chi connectivity index (χ0n) is 14.7. The highest BCUT2D eigenvalue weighted by atomic mass is 32.5. The van der Waals surface area contributed by atoms with Crippen LogP contribution in [0.15, 0.2) is 21.9 Å². The molecule has 1 aromatic heterocycles. The molecule has 2 rings (SSSR count). The summed E-state index contributed by atoms with van der Waals surface area (Å²) >= 11 is 4.43. The molecule has 0 spiro atoms. The number of nitrogens with one attached hydrogen (secondary N) is 1. The third-order valence-electron chi connectivity index (χ3n) is 3.68. The van der Waals surface area contributed by atoms with Crippen LogP contribution in [0.5, 0.6) is 0 Å². The van der Waals surface area contributed by atoms with Crippen molar-refractivity contribution in [3.05, 3.63) is 33.1 Å². The van der Waals surface area contributed by atoms with Crippen LogP contribution in [0.4, 0.5) is 0 Å². The Balaban J connectivity index is 2.13. The predicted molar refractivity (Wildman–Crippen MR) is 98.4 cm³/mol. The molecule has 0 bridgehead atoms. The van der Waals surface area contributed by atoms with Crippen molar-refractivity contribution in [3.8, 4) is 0 Å². The van der Waals surface area contributed by atoms with Gasteiger partial charge in [-0.1, -0.05) is 0 Å². The van der Waals surface area contributed by atoms with Gasteiger partial charge in [0.1, 0.15) is 17.8 Å². The van der Waals surface area contributed by atoms with Crippen molar-refractivity contribution in [2.45, 2.75) is 31.0 Å². The highest BCUT2D eigenvalue weighted by Gasteiger charge is 2.54. The molecule has 1 aliphatic rings. The lowest BCUT2D eigenvalue weighted by atomic mass is 9.96. The second-order valence-electron chi connectivity index (χ2n) is 6.10. The van der Waals surface area contributed by atoms with Crippen molar-refractivity contribution in [2.75, 3.05) is 6.61 Å². The number of H-pyrrole nitrogens is 1. The van der Waals surface area contributed by atoms with Gasteiger partial charge in [-0.05, 0) is 18.7 Å². The van der Waals surface area contributed by atoms with Gasteiger partial charge in [-0.15, -0.1) is 0 Å². The van der Waals surface area contributed by atoms with E-state index in [0.29, 0.717) is 0 Å². The maximum absolute atomic E-state index is 11.9. The largest absolute Gasteiger partial charge is 0.488 e. The van der Waals surface area contributed by atoms with Gasteiger partial charge < -0.3 is 39.0 Å². The van der Waals surface area contributed by atoms with Crippen molar-refractivity contribution in [2.24, 2.45) is 0 Å². The number of hydrogen-bond acceptors (Lipinski definition) is 11. The number of aromatic amines is 1. The summed E-state index contributed by atoms with van der Waals surface area (Å²) in [4.78, 5) is 61.1. The Labute approximate surface area is 171 Å². The summed E-state index contributed by atoms with van der Waals surface area (Å²) in [5, 5.41) is 20.8. The van der Waals surface area contributed by atoms with Crippen LogP contribution in [0, 0.1) is 0 Å². The van der Waals surface area contributed by atoms with E-state index in [1.807, 2.05) is 4.98 Å². The highest BCUT2D eigenvalue weighted by molar-refractivity contribution is 8.08. The third-order valence-corrected chi connectivity index (χ3v) is 8.40. The molecule has 16 nitrogen and oxygen atoms in total. The van der Waals surface area contributed by atoms with Gasteiger partial charge >= 0.3 is 28.1 Å². The fraction of sp³-hybridized carbons (Fsp3) is 0.600.